The maximum Gasteiger partial charge on any atom is 0.336 e. The Labute approximate surface area is 170 Å². The molecule has 1 aliphatic rings. The molecule has 0 radical (unpaired) electrons. The molecule has 1 aromatic heterocycles. The molecule has 9 heteroatoms. The highest BCUT2D eigenvalue weighted by atomic mass is 35.5. The second-order valence-electron chi connectivity index (χ2n) is 5.83. The predicted molar refractivity (Wildman–Crippen MR) is 108 cm³/mol. The van der Waals surface area contributed by atoms with Crippen LogP contribution in [0.2, 0.25) is 10.0 Å². The minimum absolute atomic E-state index is 0.326. The largest absolute Gasteiger partial charge is 0.466 e. The smallest absolute Gasteiger partial charge is 0.336 e. The van der Waals surface area contributed by atoms with Gasteiger partial charge in [-0.05, 0) is 30.4 Å². The lowest BCUT2D eigenvalue weighted by Gasteiger charge is -2.28. The molecule has 27 heavy (non-hydrogen) atoms. The molecule has 2 N–H and O–H groups in total. The molecule has 1 unspecified atom stereocenters. The van der Waals surface area contributed by atoms with Crippen LogP contribution < -0.4 is 10.9 Å². The highest BCUT2D eigenvalue weighted by Gasteiger charge is 2.36. The number of nitrogens with one attached hydrogen (secondary N) is 2. The fourth-order valence-electron chi connectivity index (χ4n) is 3.04. The Bertz CT molecular complexity index is 1000. The van der Waals surface area contributed by atoms with E-state index in [1.807, 2.05) is 6.92 Å². The number of hydrogen-bond acceptors (Lipinski definition) is 6. The van der Waals surface area contributed by atoms with E-state index >= 15 is 0 Å². The fraction of sp³-hybridized carbons (Fsp3) is 0.278. The van der Waals surface area contributed by atoms with Gasteiger partial charge in [0.15, 0.2) is 5.16 Å². The molecule has 3 rings (SSSR count). The zero-order valence-electron chi connectivity index (χ0n) is 14.9. The predicted octanol–water partition coefficient (Wildman–Crippen LogP) is 4.19. The average molecular weight is 426 g/mol. The minimum Gasteiger partial charge on any atom is -0.466 e. The third-order valence-electron chi connectivity index (χ3n) is 4.18. The van der Waals surface area contributed by atoms with E-state index in [0.717, 1.165) is 5.75 Å². The Balaban J connectivity index is 2.27. The standard InChI is InChI=1S/C18H17Cl2N3O3S/c1-4-27-18-22-15-14(16(24)23-18)13(9-5-6-10(19)11(20)7-9)12(8(2)21-15)17(25)26-3/h5-7,13H,4H2,1-3H3,(H2,21,22,23,24). The monoisotopic (exact) mass is 425 g/mol. The summed E-state index contributed by atoms with van der Waals surface area (Å²) in [6.45, 7) is 3.71. The van der Waals surface area contributed by atoms with E-state index in [9.17, 15) is 9.59 Å². The molecule has 0 aliphatic carbocycles. The van der Waals surface area contributed by atoms with Crippen molar-refractivity contribution in [2.45, 2.75) is 24.9 Å². The molecule has 0 spiro atoms. The van der Waals surface area contributed by atoms with Crippen LogP contribution in [0.4, 0.5) is 5.82 Å². The van der Waals surface area contributed by atoms with Crippen molar-refractivity contribution < 1.29 is 9.53 Å². The first-order valence-electron chi connectivity index (χ1n) is 8.15. The van der Waals surface area contributed by atoms with E-state index in [0.29, 0.717) is 43.4 Å². The second-order valence-corrected chi connectivity index (χ2v) is 7.90. The van der Waals surface area contributed by atoms with E-state index in [2.05, 4.69) is 15.3 Å². The lowest BCUT2D eigenvalue weighted by Crippen LogP contribution is -2.31. The second kappa shape index (κ2) is 7.96. The van der Waals surface area contributed by atoms with Crippen molar-refractivity contribution in [1.82, 2.24) is 9.97 Å². The van der Waals surface area contributed by atoms with Gasteiger partial charge in [-0.3, -0.25) is 4.79 Å². The number of fused-ring (bicyclic) bond motifs is 1. The summed E-state index contributed by atoms with van der Waals surface area (Å²) in [5, 5.41) is 4.29. The van der Waals surface area contributed by atoms with Crippen molar-refractivity contribution in [3.8, 4) is 0 Å². The van der Waals surface area contributed by atoms with Gasteiger partial charge in [-0.1, -0.05) is 48.0 Å². The van der Waals surface area contributed by atoms with Crippen LogP contribution in [-0.4, -0.2) is 28.8 Å². The van der Waals surface area contributed by atoms with E-state index in [1.165, 1.54) is 18.9 Å². The lowest BCUT2D eigenvalue weighted by molar-refractivity contribution is -0.136. The van der Waals surface area contributed by atoms with Crippen molar-refractivity contribution in [3.05, 3.63) is 61.0 Å². The molecule has 6 nitrogen and oxygen atoms in total. The quantitative estimate of drug-likeness (QED) is 0.433. The number of nitrogens with zero attached hydrogens (tertiary/aromatic N) is 1. The minimum atomic E-state index is -0.680. The van der Waals surface area contributed by atoms with Crippen LogP contribution in [0, 0.1) is 0 Å². The first kappa shape index (κ1) is 19.8. The fourth-order valence-corrected chi connectivity index (χ4v) is 3.94. The van der Waals surface area contributed by atoms with Crippen molar-refractivity contribution >= 4 is 46.8 Å². The molecule has 0 saturated heterocycles. The zero-order chi connectivity index (χ0) is 19.7. The summed E-state index contributed by atoms with van der Waals surface area (Å²) in [6, 6.07) is 5.01. The zero-order valence-corrected chi connectivity index (χ0v) is 17.2. The van der Waals surface area contributed by atoms with Crippen molar-refractivity contribution in [2.75, 3.05) is 18.2 Å². The third kappa shape index (κ3) is 3.72. The summed E-state index contributed by atoms with van der Waals surface area (Å²) in [6.07, 6.45) is 0. The number of carbonyl (C=O) groups is 1. The van der Waals surface area contributed by atoms with Crippen LogP contribution in [0.1, 0.15) is 30.9 Å². The number of halogens is 2. The van der Waals surface area contributed by atoms with Gasteiger partial charge in [-0.2, -0.15) is 0 Å². The molecule has 0 saturated carbocycles. The van der Waals surface area contributed by atoms with Crippen LogP contribution in [0.25, 0.3) is 0 Å². The number of allylic oxidation sites excluding steroid dienone is 1. The topological polar surface area (TPSA) is 84.1 Å². The van der Waals surface area contributed by atoms with Gasteiger partial charge < -0.3 is 15.0 Å². The maximum atomic E-state index is 12.9. The Hall–Kier alpha value is -1.96. The number of ether oxygens (including phenoxy) is 1. The van der Waals surface area contributed by atoms with Gasteiger partial charge in [0.25, 0.3) is 5.56 Å². The number of anilines is 1. The highest BCUT2D eigenvalue weighted by Crippen LogP contribution is 2.41. The number of thioether (sulfide) groups is 1. The Kier molecular flexibility index (Phi) is 5.83. The summed E-state index contributed by atoms with van der Waals surface area (Å²) in [5.74, 6) is -0.0374. The van der Waals surface area contributed by atoms with Crippen LogP contribution in [0.5, 0.6) is 0 Å². The number of aromatic nitrogens is 2. The average Bonchev–Trinajstić information content (AvgIpc) is 2.62. The first-order valence-corrected chi connectivity index (χ1v) is 9.89. The number of H-pyrrole nitrogens is 1. The van der Waals surface area contributed by atoms with Gasteiger partial charge in [0.2, 0.25) is 0 Å². The SMILES string of the molecule is CCSc1nc2c(c(=O)[nH]1)C(c1ccc(Cl)c(Cl)c1)C(C(=O)OC)=C(C)N2. The molecule has 1 atom stereocenters. The van der Waals surface area contributed by atoms with Crippen LogP contribution in [0.15, 0.2) is 39.4 Å². The van der Waals surface area contributed by atoms with E-state index < -0.39 is 11.9 Å². The number of methoxy groups -OCH3 is 1. The molecule has 2 heterocycles. The van der Waals surface area contributed by atoms with Crippen LogP contribution >= 0.6 is 35.0 Å². The molecular formula is C18H17Cl2N3O3S. The van der Waals surface area contributed by atoms with Gasteiger partial charge in [0, 0.05) is 5.70 Å². The summed E-state index contributed by atoms with van der Waals surface area (Å²) in [4.78, 5) is 32.6. The van der Waals surface area contributed by atoms with E-state index in [4.69, 9.17) is 27.9 Å². The number of hydrogen-bond donors (Lipinski definition) is 2. The molecule has 0 bridgehead atoms. The molecular weight excluding hydrogens is 409 g/mol. The van der Waals surface area contributed by atoms with Crippen LogP contribution in [-0.2, 0) is 9.53 Å². The molecule has 0 fully saturated rings. The Morgan fingerprint density at radius 3 is 2.70 bits per heavy atom. The molecule has 1 aliphatic heterocycles. The number of benzene rings is 1. The summed E-state index contributed by atoms with van der Waals surface area (Å²) < 4.78 is 4.95. The molecule has 142 valence electrons. The van der Waals surface area contributed by atoms with E-state index in [1.54, 1.807) is 25.1 Å². The molecule has 1 aromatic carbocycles. The maximum absolute atomic E-state index is 12.9. The Morgan fingerprint density at radius 2 is 2.07 bits per heavy atom. The number of esters is 1. The highest BCUT2D eigenvalue weighted by molar-refractivity contribution is 7.99. The number of aromatic amines is 1. The molecule has 0 amide bonds. The summed E-state index contributed by atoms with van der Waals surface area (Å²) in [7, 11) is 1.30. The molecule has 2 aromatic rings. The van der Waals surface area contributed by atoms with Crippen LogP contribution in [0.3, 0.4) is 0 Å². The van der Waals surface area contributed by atoms with Gasteiger partial charge in [0.05, 0.1) is 34.2 Å². The van der Waals surface area contributed by atoms with Gasteiger partial charge >= 0.3 is 5.97 Å². The van der Waals surface area contributed by atoms with Gasteiger partial charge in [-0.25, -0.2) is 9.78 Å². The van der Waals surface area contributed by atoms with Crippen molar-refractivity contribution in [1.29, 1.82) is 0 Å². The van der Waals surface area contributed by atoms with Gasteiger partial charge in [0.1, 0.15) is 5.82 Å². The first-order chi connectivity index (χ1) is 12.9. The lowest BCUT2D eigenvalue weighted by atomic mass is 9.82. The Morgan fingerprint density at radius 1 is 1.33 bits per heavy atom. The van der Waals surface area contributed by atoms with E-state index in [-0.39, 0.29) is 5.56 Å². The summed E-state index contributed by atoms with van der Waals surface area (Å²) in [5.41, 5.74) is 1.55. The van der Waals surface area contributed by atoms with Gasteiger partial charge in [-0.15, -0.1) is 0 Å². The number of rotatable bonds is 4. The normalized spacial score (nSPS) is 16.0. The third-order valence-corrected chi connectivity index (χ3v) is 5.68. The van der Waals surface area contributed by atoms with Crippen molar-refractivity contribution in [3.63, 3.8) is 0 Å². The van der Waals surface area contributed by atoms with Crippen molar-refractivity contribution in [2.24, 2.45) is 0 Å². The summed E-state index contributed by atoms with van der Waals surface area (Å²) >= 11 is 13.6. The number of carbonyl (C=O) groups excluding carboxylic acids is 1.